The van der Waals surface area contributed by atoms with Gasteiger partial charge in [0.25, 0.3) is 5.69 Å². The fourth-order valence-electron chi connectivity index (χ4n) is 2.98. The third-order valence-corrected chi connectivity index (χ3v) is 4.26. The molecular weight excluding hydrogens is 280 g/mol. The second kappa shape index (κ2) is 6.70. The summed E-state index contributed by atoms with van der Waals surface area (Å²) in [6, 6.07) is 8.84. The van der Waals surface area contributed by atoms with E-state index >= 15 is 0 Å². The third-order valence-electron chi connectivity index (χ3n) is 4.26. The van der Waals surface area contributed by atoms with E-state index in [2.05, 4.69) is 10.00 Å². The maximum atomic E-state index is 10.7. The first-order valence-electron chi connectivity index (χ1n) is 7.64. The lowest BCUT2D eigenvalue weighted by molar-refractivity contribution is -0.384. The average Bonchev–Trinajstić information content (AvgIpc) is 3.03. The van der Waals surface area contributed by atoms with Crippen LogP contribution < -0.4 is 0 Å². The summed E-state index contributed by atoms with van der Waals surface area (Å²) >= 11 is 0. The highest BCUT2D eigenvalue weighted by Gasteiger charge is 2.19. The van der Waals surface area contributed by atoms with Gasteiger partial charge in [0.1, 0.15) is 0 Å². The first kappa shape index (κ1) is 14.7. The Labute approximate surface area is 129 Å². The predicted octanol–water partition coefficient (Wildman–Crippen LogP) is 2.70. The molecule has 1 saturated heterocycles. The van der Waals surface area contributed by atoms with Gasteiger partial charge in [-0.25, -0.2) is 0 Å². The Morgan fingerprint density at radius 2 is 1.95 bits per heavy atom. The molecule has 1 aromatic heterocycles. The van der Waals surface area contributed by atoms with E-state index in [1.165, 1.54) is 12.8 Å². The summed E-state index contributed by atoms with van der Waals surface area (Å²) in [6.45, 7) is 4.01. The molecule has 3 rings (SSSR count). The maximum Gasteiger partial charge on any atom is 0.269 e. The zero-order chi connectivity index (χ0) is 15.4. The number of nitro groups is 1. The Kier molecular flexibility index (Phi) is 4.48. The lowest BCUT2D eigenvalue weighted by Crippen LogP contribution is -2.34. The molecule has 1 aliphatic heterocycles. The summed E-state index contributed by atoms with van der Waals surface area (Å²) in [6.07, 6.45) is 6.19. The van der Waals surface area contributed by atoms with Gasteiger partial charge in [-0.15, -0.1) is 0 Å². The fourth-order valence-corrected chi connectivity index (χ4v) is 2.98. The lowest BCUT2D eigenvalue weighted by Gasteiger charge is -2.31. The smallest absolute Gasteiger partial charge is 0.269 e. The quantitative estimate of drug-likeness (QED) is 0.629. The van der Waals surface area contributed by atoms with Crippen LogP contribution >= 0.6 is 0 Å². The number of nitrogens with zero attached hydrogens (tertiary/aromatic N) is 4. The molecule has 2 heterocycles. The van der Waals surface area contributed by atoms with Crippen molar-refractivity contribution in [1.29, 1.82) is 0 Å². The van der Waals surface area contributed by atoms with Crippen LogP contribution in [0.1, 0.15) is 18.4 Å². The van der Waals surface area contributed by atoms with Crippen molar-refractivity contribution in [3.63, 3.8) is 0 Å². The normalized spacial score (nSPS) is 16.7. The summed E-state index contributed by atoms with van der Waals surface area (Å²) in [4.78, 5) is 12.7. The molecule has 0 spiro atoms. The highest BCUT2D eigenvalue weighted by atomic mass is 16.6. The van der Waals surface area contributed by atoms with Crippen LogP contribution in [-0.4, -0.2) is 32.7 Å². The van der Waals surface area contributed by atoms with Crippen molar-refractivity contribution >= 4 is 5.69 Å². The zero-order valence-corrected chi connectivity index (χ0v) is 12.5. The largest absolute Gasteiger partial charge is 0.299 e. The Morgan fingerprint density at radius 3 is 2.55 bits per heavy atom. The number of aromatic nitrogens is 2. The Bertz CT molecular complexity index is 602. The molecule has 0 atom stereocenters. The molecule has 0 N–H and O–H groups in total. The third kappa shape index (κ3) is 3.71. The van der Waals surface area contributed by atoms with E-state index in [1.807, 2.05) is 35.3 Å². The number of benzene rings is 1. The van der Waals surface area contributed by atoms with Crippen molar-refractivity contribution in [2.24, 2.45) is 5.92 Å². The summed E-state index contributed by atoms with van der Waals surface area (Å²) < 4.78 is 2.01. The molecule has 0 amide bonds. The van der Waals surface area contributed by atoms with Crippen LogP contribution in [0.25, 0.3) is 0 Å². The van der Waals surface area contributed by atoms with Crippen LogP contribution in [0.4, 0.5) is 5.69 Å². The van der Waals surface area contributed by atoms with E-state index in [-0.39, 0.29) is 10.6 Å². The van der Waals surface area contributed by atoms with E-state index < -0.39 is 0 Å². The van der Waals surface area contributed by atoms with Crippen LogP contribution in [0, 0.1) is 16.0 Å². The zero-order valence-electron chi connectivity index (χ0n) is 12.5. The monoisotopic (exact) mass is 300 g/mol. The van der Waals surface area contributed by atoms with Gasteiger partial charge in [-0.3, -0.25) is 19.7 Å². The second-order valence-electron chi connectivity index (χ2n) is 5.87. The minimum atomic E-state index is -0.357. The molecule has 6 heteroatoms. The molecule has 1 aromatic carbocycles. The van der Waals surface area contributed by atoms with E-state index in [4.69, 9.17) is 0 Å². The van der Waals surface area contributed by atoms with Crippen molar-refractivity contribution < 1.29 is 4.92 Å². The van der Waals surface area contributed by atoms with Crippen LogP contribution in [0.5, 0.6) is 0 Å². The number of hydrogen-bond donors (Lipinski definition) is 0. The van der Waals surface area contributed by atoms with Crippen LogP contribution in [0.3, 0.4) is 0 Å². The highest BCUT2D eigenvalue weighted by molar-refractivity contribution is 5.32. The molecule has 0 saturated carbocycles. The van der Waals surface area contributed by atoms with Gasteiger partial charge >= 0.3 is 0 Å². The Balaban J connectivity index is 1.48. The first-order valence-corrected chi connectivity index (χ1v) is 7.64. The highest BCUT2D eigenvalue weighted by Crippen LogP contribution is 2.21. The van der Waals surface area contributed by atoms with E-state index in [0.29, 0.717) is 5.92 Å². The standard InChI is InChI=1S/C16H20N4O2/c21-20(22)16-4-2-14(3-5-16)12-18-10-6-15(7-11-18)13-19-9-1-8-17-19/h1-5,8-9,15H,6-7,10-13H2. The molecule has 0 radical (unpaired) electrons. The second-order valence-corrected chi connectivity index (χ2v) is 5.87. The van der Waals surface area contributed by atoms with Gasteiger partial charge in [-0.1, -0.05) is 12.1 Å². The molecule has 0 aliphatic carbocycles. The van der Waals surface area contributed by atoms with E-state index in [0.717, 1.165) is 31.7 Å². The van der Waals surface area contributed by atoms with Crippen molar-refractivity contribution in [1.82, 2.24) is 14.7 Å². The number of non-ortho nitro benzene ring substituents is 1. The number of nitro benzene ring substituents is 1. The minimum absolute atomic E-state index is 0.154. The van der Waals surface area contributed by atoms with Crippen molar-refractivity contribution in [2.45, 2.75) is 25.9 Å². The molecule has 2 aromatic rings. The van der Waals surface area contributed by atoms with Gasteiger partial charge < -0.3 is 0 Å². The molecule has 22 heavy (non-hydrogen) atoms. The molecule has 1 fully saturated rings. The van der Waals surface area contributed by atoms with Gasteiger partial charge in [0, 0.05) is 37.6 Å². The average molecular weight is 300 g/mol. The van der Waals surface area contributed by atoms with E-state index in [9.17, 15) is 10.1 Å². The van der Waals surface area contributed by atoms with Gasteiger partial charge in [0.15, 0.2) is 0 Å². The maximum absolute atomic E-state index is 10.7. The van der Waals surface area contributed by atoms with Gasteiger partial charge in [0.05, 0.1) is 4.92 Å². The first-order chi connectivity index (χ1) is 10.7. The topological polar surface area (TPSA) is 64.2 Å². The summed E-state index contributed by atoms with van der Waals surface area (Å²) in [5.41, 5.74) is 1.29. The number of rotatable bonds is 5. The van der Waals surface area contributed by atoms with Gasteiger partial charge in [-0.2, -0.15) is 5.10 Å². The predicted molar refractivity (Wildman–Crippen MR) is 83.3 cm³/mol. The van der Waals surface area contributed by atoms with Crippen molar-refractivity contribution in [3.8, 4) is 0 Å². The van der Waals surface area contributed by atoms with Crippen LogP contribution in [0.15, 0.2) is 42.7 Å². The summed E-state index contributed by atoms with van der Waals surface area (Å²) in [5.74, 6) is 0.688. The number of likely N-dealkylation sites (tertiary alicyclic amines) is 1. The Hall–Kier alpha value is -2.21. The van der Waals surface area contributed by atoms with E-state index in [1.54, 1.807) is 12.1 Å². The number of hydrogen-bond acceptors (Lipinski definition) is 4. The molecule has 6 nitrogen and oxygen atoms in total. The van der Waals surface area contributed by atoms with Crippen LogP contribution in [0.2, 0.25) is 0 Å². The Morgan fingerprint density at radius 1 is 1.23 bits per heavy atom. The number of piperidine rings is 1. The fraction of sp³-hybridized carbons (Fsp3) is 0.438. The minimum Gasteiger partial charge on any atom is -0.299 e. The molecule has 0 unspecified atom stereocenters. The molecule has 116 valence electrons. The van der Waals surface area contributed by atoms with Crippen LogP contribution in [-0.2, 0) is 13.1 Å². The molecule has 0 bridgehead atoms. The molecular formula is C16H20N4O2. The SMILES string of the molecule is O=[N+]([O-])c1ccc(CN2CCC(Cn3cccn3)CC2)cc1. The van der Waals surface area contributed by atoms with Crippen molar-refractivity contribution in [2.75, 3.05) is 13.1 Å². The van der Waals surface area contributed by atoms with Crippen molar-refractivity contribution in [3.05, 3.63) is 58.4 Å². The lowest BCUT2D eigenvalue weighted by atomic mass is 9.96. The van der Waals surface area contributed by atoms with Gasteiger partial charge in [0.2, 0.25) is 0 Å². The summed E-state index contributed by atoms with van der Waals surface area (Å²) in [7, 11) is 0. The summed E-state index contributed by atoms with van der Waals surface area (Å²) in [5, 5.41) is 14.9. The van der Waals surface area contributed by atoms with Gasteiger partial charge in [-0.05, 0) is 43.5 Å². The molecule has 1 aliphatic rings.